The van der Waals surface area contributed by atoms with Gasteiger partial charge in [0.1, 0.15) is 0 Å². The molecular formula is C15H21Cl2NO2. The van der Waals surface area contributed by atoms with Gasteiger partial charge in [-0.3, -0.25) is 4.90 Å². The lowest BCUT2D eigenvalue weighted by Crippen LogP contribution is -2.32. The molecule has 1 saturated carbocycles. The summed E-state index contributed by atoms with van der Waals surface area (Å²) in [6.07, 6.45) is 3.55. The van der Waals surface area contributed by atoms with Crippen molar-refractivity contribution >= 4 is 23.2 Å². The molecule has 2 rings (SSSR count). The third kappa shape index (κ3) is 4.61. The molecule has 0 spiro atoms. The van der Waals surface area contributed by atoms with Crippen LogP contribution in [0.3, 0.4) is 0 Å². The van der Waals surface area contributed by atoms with Crippen LogP contribution in [0.15, 0.2) is 18.2 Å². The molecule has 3 nitrogen and oxygen atoms in total. The van der Waals surface area contributed by atoms with E-state index in [1.54, 1.807) is 18.2 Å². The highest BCUT2D eigenvalue weighted by atomic mass is 35.5. The first-order valence-corrected chi connectivity index (χ1v) is 7.85. The van der Waals surface area contributed by atoms with E-state index in [2.05, 4.69) is 4.90 Å². The number of aliphatic hydroxyl groups excluding tert-OH is 2. The number of benzene rings is 1. The highest BCUT2D eigenvalue weighted by Crippen LogP contribution is 2.31. The Labute approximate surface area is 130 Å². The smallest absolute Gasteiger partial charge is 0.0931 e. The molecule has 20 heavy (non-hydrogen) atoms. The quantitative estimate of drug-likeness (QED) is 0.723. The molecule has 0 radical (unpaired) electrons. The average molecular weight is 318 g/mol. The van der Waals surface area contributed by atoms with Crippen molar-refractivity contribution in [3.8, 4) is 0 Å². The second kappa shape index (κ2) is 7.62. The van der Waals surface area contributed by atoms with Crippen molar-refractivity contribution in [2.75, 3.05) is 19.7 Å². The van der Waals surface area contributed by atoms with Crippen LogP contribution in [0.5, 0.6) is 0 Å². The molecule has 0 aromatic heterocycles. The van der Waals surface area contributed by atoms with Crippen LogP contribution >= 0.6 is 23.2 Å². The SMILES string of the molecule is OCCCCN(CC(O)c1ccc(Cl)cc1Cl)C1CC1. The predicted molar refractivity (Wildman–Crippen MR) is 82.3 cm³/mol. The summed E-state index contributed by atoms with van der Waals surface area (Å²) in [6, 6.07) is 5.77. The lowest BCUT2D eigenvalue weighted by molar-refractivity contribution is 0.106. The molecule has 0 aliphatic heterocycles. The molecule has 5 heteroatoms. The molecule has 1 aliphatic carbocycles. The van der Waals surface area contributed by atoms with Crippen molar-refractivity contribution in [3.05, 3.63) is 33.8 Å². The summed E-state index contributed by atoms with van der Waals surface area (Å²) >= 11 is 12.0. The second-order valence-corrected chi connectivity index (χ2v) is 6.18. The Morgan fingerprint density at radius 3 is 2.60 bits per heavy atom. The molecule has 2 N–H and O–H groups in total. The van der Waals surface area contributed by atoms with Crippen LogP contribution in [-0.2, 0) is 0 Å². The molecule has 1 unspecified atom stereocenters. The summed E-state index contributed by atoms with van der Waals surface area (Å²) in [6.45, 7) is 1.72. The van der Waals surface area contributed by atoms with Gasteiger partial charge in [-0.15, -0.1) is 0 Å². The number of unbranched alkanes of at least 4 members (excludes halogenated alkanes) is 1. The van der Waals surface area contributed by atoms with E-state index >= 15 is 0 Å². The van der Waals surface area contributed by atoms with Crippen LogP contribution in [0.25, 0.3) is 0 Å². The highest BCUT2D eigenvalue weighted by Gasteiger charge is 2.30. The summed E-state index contributed by atoms with van der Waals surface area (Å²) in [7, 11) is 0. The Hall–Kier alpha value is -0.320. The number of halogens is 2. The first kappa shape index (κ1) is 16.1. The molecule has 0 bridgehead atoms. The minimum Gasteiger partial charge on any atom is -0.396 e. The van der Waals surface area contributed by atoms with Crippen molar-refractivity contribution in [3.63, 3.8) is 0 Å². The van der Waals surface area contributed by atoms with Crippen LogP contribution in [0, 0.1) is 0 Å². The lowest BCUT2D eigenvalue weighted by Gasteiger charge is -2.25. The first-order chi connectivity index (χ1) is 9.61. The Kier molecular flexibility index (Phi) is 6.12. The molecule has 1 aliphatic rings. The van der Waals surface area contributed by atoms with Gasteiger partial charge >= 0.3 is 0 Å². The van der Waals surface area contributed by atoms with E-state index in [1.165, 1.54) is 12.8 Å². The number of rotatable bonds is 8. The van der Waals surface area contributed by atoms with Crippen LogP contribution in [-0.4, -0.2) is 40.9 Å². The average Bonchev–Trinajstić information content (AvgIpc) is 3.21. The number of hydrogen-bond donors (Lipinski definition) is 2. The summed E-state index contributed by atoms with van der Waals surface area (Å²) in [5, 5.41) is 20.3. The zero-order valence-corrected chi connectivity index (χ0v) is 12.9. The lowest BCUT2D eigenvalue weighted by atomic mass is 10.1. The Bertz CT molecular complexity index is 438. The molecule has 0 amide bonds. The van der Waals surface area contributed by atoms with E-state index in [1.807, 2.05) is 0 Å². The summed E-state index contributed by atoms with van der Waals surface area (Å²) in [5.74, 6) is 0. The van der Waals surface area contributed by atoms with E-state index in [-0.39, 0.29) is 6.61 Å². The summed E-state index contributed by atoms with van der Waals surface area (Å²) in [4.78, 5) is 2.30. The standard InChI is InChI=1S/C15H21Cl2NO2/c16-11-3-6-13(14(17)9-11)15(20)10-18(12-4-5-12)7-1-2-8-19/h3,6,9,12,15,19-20H,1-2,4-5,7-8,10H2. The molecule has 0 heterocycles. The number of hydrogen-bond acceptors (Lipinski definition) is 3. The van der Waals surface area contributed by atoms with E-state index in [4.69, 9.17) is 28.3 Å². The van der Waals surface area contributed by atoms with Crippen molar-refractivity contribution in [2.24, 2.45) is 0 Å². The fraction of sp³-hybridized carbons (Fsp3) is 0.600. The second-order valence-electron chi connectivity index (χ2n) is 5.34. The van der Waals surface area contributed by atoms with Gasteiger partial charge in [0.2, 0.25) is 0 Å². The fourth-order valence-corrected chi connectivity index (χ4v) is 2.92. The van der Waals surface area contributed by atoms with E-state index in [0.29, 0.717) is 22.6 Å². The van der Waals surface area contributed by atoms with Gasteiger partial charge in [-0.1, -0.05) is 29.3 Å². The van der Waals surface area contributed by atoms with Crippen LogP contribution < -0.4 is 0 Å². The minimum absolute atomic E-state index is 0.226. The normalized spacial score (nSPS) is 16.6. The summed E-state index contributed by atoms with van der Waals surface area (Å²) in [5.41, 5.74) is 0.726. The maximum Gasteiger partial charge on any atom is 0.0931 e. The molecule has 1 aromatic rings. The van der Waals surface area contributed by atoms with Crippen molar-refractivity contribution < 1.29 is 10.2 Å². The predicted octanol–water partition coefficient (Wildman–Crippen LogP) is 3.26. The molecule has 1 atom stereocenters. The maximum absolute atomic E-state index is 10.4. The van der Waals surface area contributed by atoms with Crippen molar-refractivity contribution in [1.29, 1.82) is 0 Å². The Balaban J connectivity index is 1.94. The van der Waals surface area contributed by atoms with Crippen LogP contribution in [0.4, 0.5) is 0 Å². The topological polar surface area (TPSA) is 43.7 Å². The van der Waals surface area contributed by atoms with Gasteiger partial charge in [0.05, 0.1) is 6.10 Å². The number of aliphatic hydroxyl groups is 2. The molecule has 1 fully saturated rings. The maximum atomic E-state index is 10.4. The highest BCUT2D eigenvalue weighted by molar-refractivity contribution is 6.35. The van der Waals surface area contributed by atoms with E-state index in [9.17, 15) is 5.11 Å². The Morgan fingerprint density at radius 2 is 2.00 bits per heavy atom. The van der Waals surface area contributed by atoms with Crippen LogP contribution in [0.2, 0.25) is 10.0 Å². The largest absolute Gasteiger partial charge is 0.396 e. The molecule has 112 valence electrons. The van der Waals surface area contributed by atoms with E-state index < -0.39 is 6.10 Å². The van der Waals surface area contributed by atoms with Gasteiger partial charge in [-0.25, -0.2) is 0 Å². The van der Waals surface area contributed by atoms with Gasteiger partial charge in [-0.2, -0.15) is 0 Å². The van der Waals surface area contributed by atoms with Gasteiger partial charge in [0.25, 0.3) is 0 Å². The zero-order chi connectivity index (χ0) is 14.5. The van der Waals surface area contributed by atoms with Crippen molar-refractivity contribution in [1.82, 2.24) is 4.90 Å². The monoisotopic (exact) mass is 317 g/mol. The van der Waals surface area contributed by atoms with Gasteiger partial charge in [0, 0.05) is 34.8 Å². The first-order valence-electron chi connectivity index (χ1n) is 7.09. The van der Waals surface area contributed by atoms with Gasteiger partial charge in [0.15, 0.2) is 0 Å². The fourth-order valence-electron chi connectivity index (χ4n) is 2.38. The third-order valence-electron chi connectivity index (χ3n) is 3.65. The number of nitrogens with zero attached hydrogens (tertiary/aromatic N) is 1. The zero-order valence-electron chi connectivity index (χ0n) is 11.4. The van der Waals surface area contributed by atoms with Crippen molar-refractivity contribution in [2.45, 2.75) is 37.8 Å². The van der Waals surface area contributed by atoms with Gasteiger partial charge in [-0.05, 0) is 44.4 Å². The van der Waals surface area contributed by atoms with Gasteiger partial charge < -0.3 is 10.2 Å². The molecule has 0 saturated heterocycles. The van der Waals surface area contributed by atoms with E-state index in [0.717, 1.165) is 24.9 Å². The minimum atomic E-state index is -0.602. The molecule has 1 aromatic carbocycles. The summed E-state index contributed by atoms with van der Waals surface area (Å²) < 4.78 is 0. The third-order valence-corrected chi connectivity index (χ3v) is 4.21. The molecular weight excluding hydrogens is 297 g/mol. The Morgan fingerprint density at radius 1 is 1.25 bits per heavy atom. The van der Waals surface area contributed by atoms with Crippen LogP contribution in [0.1, 0.15) is 37.4 Å².